The molecule has 0 bridgehead atoms. The quantitative estimate of drug-likeness (QED) is 0.346. The normalized spacial score (nSPS) is 11.4. The molecule has 176 valence electrons. The van der Waals surface area contributed by atoms with Crippen molar-refractivity contribution >= 4 is 21.4 Å². The van der Waals surface area contributed by atoms with Crippen molar-refractivity contribution in [1.29, 1.82) is 0 Å². The molecule has 34 heavy (non-hydrogen) atoms. The molecule has 0 unspecified atom stereocenters. The summed E-state index contributed by atoms with van der Waals surface area (Å²) in [4.78, 5) is 5.07. The highest BCUT2D eigenvalue weighted by atomic mass is 32.2. The molecule has 4 aromatic rings. The van der Waals surface area contributed by atoms with E-state index in [9.17, 15) is 8.42 Å². The number of aryl methyl sites for hydroxylation is 2. The SMILES string of the molecule is COc1ccc(-c2csc(-c3ccc(CNS(=O)(=O)c4ccc(C)cc4C)cc3)n2)cc1OC. The Morgan fingerprint density at radius 3 is 2.26 bits per heavy atom. The number of nitrogens with zero attached hydrogens (tertiary/aromatic N) is 1. The Morgan fingerprint density at radius 2 is 1.59 bits per heavy atom. The van der Waals surface area contributed by atoms with Crippen molar-refractivity contribution in [3.8, 4) is 33.3 Å². The first-order valence-electron chi connectivity index (χ1n) is 10.6. The molecule has 1 N–H and O–H groups in total. The van der Waals surface area contributed by atoms with Crippen LogP contribution in [0.25, 0.3) is 21.8 Å². The maximum Gasteiger partial charge on any atom is 0.241 e. The van der Waals surface area contributed by atoms with E-state index >= 15 is 0 Å². The standard InChI is InChI=1S/C26H26N2O4S2/c1-17-5-12-25(18(2)13-17)34(29,30)27-15-19-6-8-20(9-7-19)26-28-22(16-33-26)21-10-11-23(31-3)24(14-21)32-4/h5-14,16,27H,15H2,1-4H3. The van der Waals surface area contributed by atoms with Gasteiger partial charge >= 0.3 is 0 Å². The van der Waals surface area contributed by atoms with E-state index in [0.717, 1.165) is 38.5 Å². The van der Waals surface area contributed by atoms with Crippen LogP contribution >= 0.6 is 11.3 Å². The zero-order valence-corrected chi connectivity index (χ0v) is 21.1. The summed E-state index contributed by atoms with van der Waals surface area (Å²) in [6.45, 7) is 3.96. The first kappa shape index (κ1) is 23.9. The van der Waals surface area contributed by atoms with Crippen LogP contribution in [0.2, 0.25) is 0 Å². The van der Waals surface area contributed by atoms with Crippen LogP contribution in [0.3, 0.4) is 0 Å². The van der Waals surface area contributed by atoms with Gasteiger partial charge in [-0.1, -0.05) is 42.0 Å². The molecule has 0 saturated carbocycles. The summed E-state index contributed by atoms with van der Waals surface area (Å²) < 4.78 is 38.8. The first-order chi connectivity index (χ1) is 16.3. The number of nitrogens with one attached hydrogen (secondary N) is 1. The molecule has 6 nitrogen and oxygen atoms in total. The lowest BCUT2D eigenvalue weighted by Gasteiger charge is -2.10. The van der Waals surface area contributed by atoms with E-state index in [1.54, 1.807) is 44.6 Å². The van der Waals surface area contributed by atoms with E-state index in [0.29, 0.717) is 16.4 Å². The predicted molar refractivity (Wildman–Crippen MR) is 136 cm³/mol. The van der Waals surface area contributed by atoms with Crippen molar-refractivity contribution in [3.63, 3.8) is 0 Å². The number of hydrogen-bond donors (Lipinski definition) is 1. The van der Waals surface area contributed by atoms with Crippen LogP contribution in [0.5, 0.6) is 11.5 Å². The molecule has 0 atom stereocenters. The number of ether oxygens (including phenoxy) is 2. The van der Waals surface area contributed by atoms with E-state index < -0.39 is 10.0 Å². The number of thiazole rings is 1. The lowest BCUT2D eigenvalue weighted by Crippen LogP contribution is -2.24. The third kappa shape index (κ3) is 5.14. The van der Waals surface area contributed by atoms with Gasteiger partial charge in [0.1, 0.15) is 5.01 Å². The van der Waals surface area contributed by atoms with Crippen LogP contribution < -0.4 is 14.2 Å². The van der Waals surface area contributed by atoms with Crippen molar-refractivity contribution in [2.75, 3.05) is 14.2 Å². The van der Waals surface area contributed by atoms with Gasteiger partial charge < -0.3 is 9.47 Å². The first-order valence-corrected chi connectivity index (χ1v) is 13.0. The van der Waals surface area contributed by atoms with Gasteiger partial charge in [0.15, 0.2) is 11.5 Å². The zero-order valence-electron chi connectivity index (χ0n) is 19.5. The van der Waals surface area contributed by atoms with Gasteiger partial charge in [0.05, 0.1) is 24.8 Å². The number of methoxy groups -OCH3 is 2. The van der Waals surface area contributed by atoms with Gasteiger partial charge in [-0.25, -0.2) is 18.1 Å². The van der Waals surface area contributed by atoms with E-state index in [1.807, 2.05) is 60.8 Å². The second-order valence-electron chi connectivity index (χ2n) is 7.90. The number of benzene rings is 3. The average molecular weight is 495 g/mol. The molecule has 0 spiro atoms. The van der Waals surface area contributed by atoms with Crippen LogP contribution in [-0.2, 0) is 16.6 Å². The summed E-state index contributed by atoms with van der Waals surface area (Å²) in [5.74, 6) is 1.33. The molecule has 0 aliphatic heterocycles. The molecule has 0 amide bonds. The van der Waals surface area contributed by atoms with Gasteiger partial charge in [0, 0.05) is 23.1 Å². The minimum absolute atomic E-state index is 0.213. The van der Waals surface area contributed by atoms with Crippen molar-refractivity contribution in [2.45, 2.75) is 25.3 Å². The molecular weight excluding hydrogens is 468 g/mol. The number of hydrogen-bond acceptors (Lipinski definition) is 6. The Hall–Kier alpha value is -3.20. The summed E-state index contributed by atoms with van der Waals surface area (Å²) in [6, 6.07) is 18.8. The molecule has 0 saturated heterocycles. The molecular formula is C26H26N2O4S2. The molecule has 3 aromatic carbocycles. The lowest BCUT2D eigenvalue weighted by atomic mass is 10.1. The Morgan fingerprint density at radius 1 is 0.882 bits per heavy atom. The molecule has 0 fully saturated rings. The third-order valence-electron chi connectivity index (χ3n) is 5.47. The van der Waals surface area contributed by atoms with Gasteiger partial charge in [-0.15, -0.1) is 11.3 Å². The maximum absolute atomic E-state index is 12.7. The topological polar surface area (TPSA) is 77.5 Å². The summed E-state index contributed by atoms with van der Waals surface area (Å²) >= 11 is 1.55. The van der Waals surface area contributed by atoms with Gasteiger partial charge in [-0.3, -0.25) is 0 Å². The third-order valence-corrected chi connectivity index (χ3v) is 7.92. The number of sulfonamides is 1. The fourth-order valence-electron chi connectivity index (χ4n) is 3.66. The van der Waals surface area contributed by atoms with E-state index in [2.05, 4.69) is 4.72 Å². The van der Waals surface area contributed by atoms with Crippen molar-refractivity contribution in [1.82, 2.24) is 9.71 Å². The minimum Gasteiger partial charge on any atom is -0.493 e. The Labute approximate surface area is 204 Å². The van der Waals surface area contributed by atoms with Gasteiger partial charge in [0.2, 0.25) is 10.0 Å². The highest BCUT2D eigenvalue weighted by Crippen LogP contribution is 2.34. The molecule has 0 aliphatic carbocycles. The highest BCUT2D eigenvalue weighted by molar-refractivity contribution is 7.89. The largest absolute Gasteiger partial charge is 0.493 e. The van der Waals surface area contributed by atoms with Gasteiger partial charge in [-0.05, 0) is 49.2 Å². The predicted octanol–water partition coefficient (Wildman–Crippen LogP) is 5.59. The maximum atomic E-state index is 12.7. The number of rotatable bonds is 8. The van der Waals surface area contributed by atoms with Crippen LogP contribution in [0, 0.1) is 13.8 Å². The average Bonchev–Trinajstić information content (AvgIpc) is 3.33. The van der Waals surface area contributed by atoms with E-state index in [4.69, 9.17) is 14.5 Å². The minimum atomic E-state index is -3.59. The molecule has 0 radical (unpaired) electrons. The lowest BCUT2D eigenvalue weighted by molar-refractivity contribution is 0.355. The summed E-state index contributed by atoms with van der Waals surface area (Å²) in [5, 5.41) is 2.88. The monoisotopic (exact) mass is 494 g/mol. The Kier molecular flexibility index (Phi) is 7.02. The smallest absolute Gasteiger partial charge is 0.241 e. The molecule has 4 rings (SSSR count). The van der Waals surface area contributed by atoms with Crippen molar-refractivity contribution in [2.24, 2.45) is 0 Å². The van der Waals surface area contributed by atoms with E-state index in [1.165, 1.54) is 0 Å². The number of aromatic nitrogens is 1. The van der Waals surface area contributed by atoms with Crippen molar-refractivity contribution in [3.05, 3.63) is 82.7 Å². The second-order valence-corrected chi connectivity index (χ2v) is 10.5. The fourth-order valence-corrected chi connectivity index (χ4v) is 5.73. The zero-order chi connectivity index (χ0) is 24.3. The van der Waals surface area contributed by atoms with Crippen LogP contribution in [0.15, 0.2) is 70.9 Å². The second kappa shape index (κ2) is 9.97. The highest BCUT2D eigenvalue weighted by Gasteiger charge is 2.16. The summed E-state index contributed by atoms with van der Waals surface area (Å²) in [7, 11) is -0.369. The molecule has 0 aliphatic rings. The van der Waals surface area contributed by atoms with Crippen molar-refractivity contribution < 1.29 is 17.9 Å². The van der Waals surface area contributed by atoms with Gasteiger partial charge in [0.25, 0.3) is 0 Å². The molecule has 1 heterocycles. The fraction of sp³-hybridized carbons (Fsp3) is 0.192. The van der Waals surface area contributed by atoms with E-state index in [-0.39, 0.29) is 6.54 Å². The Balaban J connectivity index is 1.47. The Bertz CT molecular complexity index is 1410. The summed E-state index contributed by atoms with van der Waals surface area (Å²) in [5.41, 5.74) is 5.40. The molecule has 8 heteroatoms. The van der Waals surface area contributed by atoms with Crippen LogP contribution in [0.4, 0.5) is 0 Å². The molecule has 1 aromatic heterocycles. The van der Waals surface area contributed by atoms with Crippen LogP contribution in [-0.4, -0.2) is 27.6 Å². The van der Waals surface area contributed by atoms with Crippen LogP contribution in [0.1, 0.15) is 16.7 Å². The van der Waals surface area contributed by atoms with Gasteiger partial charge in [-0.2, -0.15) is 0 Å². The summed E-state index contributed by atoms with van der Waals surface area (Å²) in [6.07, 6.45) is 0.